The highest BCUT2D eigenvalue weighted by Crippen LogP contribution is 2.18. The number of aliphatic carboxylic acids is 1. The Hall–Kier alpha value is -2.67. The molecular formula is C19H21NO5S. The lowest BCUT2D eigenvalue weighted by molar-refractivity contribution is -0.136. The Kier molecular flexibility index (Phi) is 6.15. The van der Waals surface area contributed by atoms with Crippen molar-refractivity contribution in [3.63, 3.8) is 0 Å². The zero-order valence-electron chi connectivity index (χ0n) is 14.6. The molecule has 2 rings (SSSR count). The Labute approximate surface area is 152 Å². The Morgan fingerprint density at radius 2 is 1.58 bits per heavy atom. The van der Waals surface area contributed by atoms with E-state index in [4.69, 9.17) is 5.11 Å². The number of carboxylic acids is 1. The fourth-order valence-electron chi connectivity index (χ4n) is 2.28. The SMILES string of the molecule is CC(C)S(=O)(=O)c1ccc(C(=O)Nc2ccc(CCC(=O)O)cc2)cc1. The van der Waals surface area contributed by atoms with Crippen molar-refractivity contribution in [2.24, 2.45) is 0 Å². The van der Waals surface area contributed by atoms with Crippen LogP contribution in [0.3, 0.4) is 0 Å². The summed E-state index contributed by atoms with van der Waals surface area (Å²) in [5, 5.41) is 10.9. The van der Waals surface area contributed by atoms with Crippen molar-refractivity contribution in [3.8, 4) is 0 Å². The van der Waals surface area contributed by atoms with E-state index < -0.39 is 21.1 Å². The third-order valence-electron chi connectivity index (χ3n) is 3.90. The van der Waals surface area contributed by atoms with Crippen molar-refractivity contribution >= 4 is 27.4 Å². The standard InChI is InChI=1S/C19H21NO5S/c1-13(2)26(24,25)17-10-6-15(7-11-17)19(23)20-16-8-3-14(4-9-16)5-12-18(21)22/h3-4,6-11,13H,5,12H2,1-2H3,(H,20,23)(H,21,22). The lowest BCUT2D eigenvalue weighted by atomic mass is 10.1. The smallest absolute Gasteiger partial charge is 0.303 e. The highest BCUT2D eigenvalue weighted by molar-refractivity contribution is 7.92. The molecule has 0 spiro atoms. The minimum absolute atomic E-state index is 0.0529. The van der Waals surface area contributed by atoms with E-state index in [2.05, 4.69) is 5.32 Å². The number of sulfone groups is 1. The van der Waals surface area contributed by atoms with Gasteiger partial charge in [0.05, 0.1) is 10.1 Å². The van der Waals surface area contributed by atoms with Gasteiger partial charge in [-0.05, 0) is 62.2 Å². The third kappa shape index (κ3) is 4.92. The maximum Gasteiger partial charge on any atom is 0.303 e. The van der Waals surface area contributed by atoms with Gasteiger partial charge < -0.3 is 10.4 Å². The van der Waals surface area contributed by atoms with Crippen molar-refractivity contribution in [1.29, 1.82) is 0 Å². The predicted molar refractivity (Wildman–Crippen MR) is 99.1 cm³/mol. The van der Waals surface area contributed by atoms with E-state index in [-0.39, 0.29) is 17.2 Å². The molecule has 26 heavy (non-hydrogen) atoms. The maximum atomic E-state index is 12.3. The normalized spacial score (nSPS) is 11.3. The van der Waals surface area contributed by atoms with E-state index in [0.29, 0.717) is 17.7 Å². The lowest BCUT2D eigenvalue weighted by Crippen LogP contribution is -2.15. The van der Waals surface area contributed by atoms with Crippen LogP contribution in [-0.4, -0.2) is 30.7 Å². The van der Waals surface area contributed by atoms with Gasteiger partial charge >= 0.3 is 5.97 Å². The van der Waals surface area contributed by atoms with E-state index in [1.807, 2.05) is 0 Å². The molecule has 0 bridgehead atoms. The maximum absolute atomic E-state index is 12.3. The van der Waals surface area contributed by atoms with Gasteiger partial charge in [-0.25, -0.2) is 8.42 Å². The molecule has 0 radical (unpaired) electrons. The summed E-state index contributed by atoms with van der Waals surface area (Å²) in [6.07, 6.45) is 0.479. The Morgan fingerprint density at radius 1 is 1.00 bits per heavy atom. The van der Waals surface area contributed by atoms with Crippen LogP contribution >= 0.6 is 0 Å². The molecule has 0 aromatic heterocycles. The molecule has 0 atom stereocenters. The van der Waals surface area contributed by atoms with Gasteiger partial charge in [0.15, 0.2) is 9.84 Å². The van der Waals surface area contributed by atoms with Gasteiger partial charge in [-0.1, -0.05) is 12.1 Å². The minimum Gasteiger partial charge on any atom is -0.481 e. The number of amides is 1. The number of nitrogens with one attached hydrogen (secondary N) is 1. The average Bonchev–Trinajstić information content (AvgIpc) is 2.61. The second-order valence-electron chi connectivity index (χ2n) is 6.16. The summed E-state index contributed by atoms with van der Waals surface area (Å²) in [7, 11) is -3.37. The van der Waals surface area contributed by atoms with Crippen molar-refractivity contribution < 1.29 is 23.1 Å². The highest BCUT2D eigenvalue weighted by Gasteiger charge is 2.19. The summed E-state index contributed by atoms with van der Waals surface area (Å²) >= 11 is 0. The van der Waals surface area contributed by atoms with Gasteiger partial charge in [0.1, 0.15) is 0 Å². The molecule has 2 aromatic rings. The average molecular weight is 375 g/mol. The molecule has 1 amide bonds. The summed E-state index contributed by atoms with van der Waals surface area (Å²) in [6.45, 7) is 3.21. The molecule has 0 saturated heterocycles. The quantitative estimate of drug-likeness (QED) is 0.774. The number of anilines is 1. The zero-order chi connectivity index (χ0) is 19.3. The van der Waals surface area contributed by atoms with Crippen LogP contribution in [-0.2, 0) is 21.1 Å². The number of benzene rings is 2. The van der Waals surface area contributed by atoms with E-state index in [1.165, 1.54) is 24.3 Å². The Bertz CT molecular complexity index is 885. The summed E-state index contributed by atoms with van der Waals surface area (Å²) < 4.78 is 24.2. The first-order valence-electron chi connectivity index (χ1n) is 8.16. The van der Waals surface area contributed by atoms with Crippen LogP contribution in [0.1, 0.15) is 36.2 Å². The molecule has 7 heteroatoms. The zero-order valence-corrected chi connectivity index (χ0v) is 15.4. The Balaban J connectivity index is 2.05. The first kappa shape index (κ1) is 19.7. The number of carboxylic acid groups (broad SMARTS) is 1. The third-order valence-corrected chi connectivity index (χ3v) is 6.08. The molecule has 0 unspecified atom stereocenters. The van der Waals surface area contributed by atoms with Crippen LogP contribution in [0.15, 0.2) is 53.4 Å². The first-order valence-corrected chi connectivity index (χ1v) is 9.71. The molecule has 0 saturated carbocycles. The number of aryl methyl sites for hydroxylation is 1. The molecule has 0 aliphatic heterocycles. The number of carbonyl (C=O) groups excluding carboxylic acids is 1. The fourth-order valence-corrected chi connectivity index (χ4v) is 3.34. The molecule has 0 fully saturated rings. The van der Waals surface area contributed by atoms with Crippen molar-refractivity contribution in [2.75, 3.05) is 5.32 Å². The molecule has 0 aliphatic carbocycles. The van der Waals surface area contributed by atoms with Crippen LogP contribution in [0.2, 0.25) is 0 Å². The summed E-state index contributed by atoms with van der Waals surface area (Å²) in [6, 6.07) is 12.7. The van der Waals surface area contributed by atoms with E-state index in [0.717, 1.165) is 5.56 Å². The van der Waals surface area contributed by atoms with Gasteiger partial charge in [-0.2, -0.15) is 0 Å². The largest absolute Gasteiger partial charge is 0.481 e. The second kappa shape index (κ2) is 8.14. The van der Waals surface area contributed by atoms with Crippen LogP contribution < -0.4 is 5.32 Å². The lowest BCUT2D eigenvalue weighted by Gasteiger charge is -2.09. The summed E-state index contributed by atoms with van der Waals surface area (Å²) in [4.78, 5) is 23.0. The van der Waals surface area contributed by atoms with E-state index >= 15 is 0 Å². The Morgan fingerprint density at radius 3 is 2.08 bits per heavy atom. The monoisotopic (exact) mass is 375 g/mol. The molecule has 0 heterocycles. The molecule has 138 valence electrons. The van der Waals surface area contributed by atoms with Crippen molar-refractivity contribution in [1.82, 2.24) is 0 Å². The highest BCUT2D eigenvalue weighted by atomic mass is 32.2. The molecule has 6 nitrogen and oxygen atoms in total. The van der Waals surface area contributed by atoms with E-state index in [9.17, 15) is 18.0 Å². The summed E-state index contributed by atoms with van der Waals surface area (Å²) in [5.74, 6) is -1.21. The topological polar surface area (TPSA) is 101 Å². The number of carbonyl (C=O) groups is 2. The molecule has 2 aromatic carbocycles. The number of hydrogen-bond donors (Lipinski definition) is 2. The van der Waals surface area contributed by atoms with Crippen LogP contribution in [0.5, 0.6) is 0 Å². The van der Waals surface area contributed by atoms with Crippen molar-refractivity contribution in [3.05, 3.63) is 59.7 Å². The van der Waals surface area contributed by atoms with Crippen LogP contribution in [0.25, 0.3) is 0 Å². The first-order chi connectivity index (χ1) is 12.2. The van der Waals surface area contributed by atoms with Crippen LogP contribution in [0, 0.1) is 0 Å². The molecule has 2 N–H and O–H groups in total. The summed E-state index contributed by atoms with van der Waals surface area (Å²) in [5.41, 5.74) is 1.80. The van der Waals surface area contributed by atoms with Gasteiger partial charge in [0, 0.05) is 17.7 Å². The number of hydrogen-bond acceptors (Lipinski definition) is 4. The molecular weight excluding hydrogens is 354 g/mol. The van der Waals surface area contributed by atoms with Crippen LogP contribution in [0.4, 0.5) is 5.69 Å². The second-order valence-corrected chi connectivity index (χ2v) is 8.67. The van der Waals surface area contributed by atoms with E-state index in [1.54, 1.807) is 38.1 Å². The van der Waals surface area contributed by atoms with Gasteiger partial charge in [0.25, 0.3) is 5.91 Å². The fraction of sp³-hybridized carbons (Fsp3) is 0.263. The molecule has 0 aliphatic rings. The van der Waals surface area contributed by atoms with Crippen molar-refractivity contribution in [2.45, 2.75) is 36.8 Å². The van der Waals surface area contributed by atoms with Gasteiger partial charge in [-0.3, -0.25) is 9.59 Å². The van der Waals surface area contributed by atoms with Gasteiger partial charge in [0.2, 0.25) is 0 Å². The number of rotatable bonds is 7. The minimum atomic E-state index is -3.37. The predicted octanol–water partition coefficient (Wildman–Crippen LogP) is 3.14. The van der Waals surface area contributed by atoms with Gasteiger partial charge in [-0.15, -0.1) is 0 Å².